The molecule has 82 valence electrons. The van der Waals surface area contributed by atoms with Crippen LogP contribution < -0.4 is 10.5 Å². The van der Waals surface area contributed by atoms with Crippen LogP contribution in [0, 0.1) is 5.82 Å². The number of carbonyl (C=O) groups is 1. The lowest BCUT2D eigenvalue weighted by atomic mass is 10.1. The number of rotatable bonds is 4. The van der Waals surface area contributed by atoms with Crippen LogP contribution in [0.25, 0.3) is 0 Å². The molecule has 15 heavy (non-hydrogen) atoms. The van der Waals surface area contributed by atoms with Gasteiger partial charge in [0.25, 0.3) is 0 Å². The van der Waals surface area contributed by atoms with Gasteiger partial charge in [-0.25, -0.2) is 4.39 Å². The lowest BCUT2D eigenvalue weighted by Gasteiger charge is -2.11. The van der Waals surface area contributed by atoms with Crippen LogP contribution in [0.1, 0.15) is 5.56 Å². The zero-order valence-corrected chi connectivity index (χ0v) is 8.24. The van der Waals surface area contributed by atoms with Crippen LogP contribution in [0.2, 0.25) is 0 Å². The third-order valence-electron chi connectivity index (χ3n) is 2.01. The van der Waals surface area contributed by atoms with Gasteiger partial charge in [-0.1, -0.05) is 12.1 Å². The largest absolute Gasteiger partial charge is 0.493 e. The predicted octanol–water partition coefficient (Wildman–Crippen LogP) is 0.789. The van der Waals surface area contributed by atoms with Crippen molar-refractivity contribution in [2.45, 2.75) is 12.5 Å². The SMILES string of the molecule is COc1c(F)cccc1C[C@H](N)C(=O)O. The molecule has 1 rings (SSSR count). The molecule has 0 bridgehead atoms. The summed E-state index contributed by atoms with van der Waals surface area (Å²) in [5.74, 6) is -1.59. The van der Waals surface area contributed by atoms with Crippen LogP contribution in [0.3, 0.4) is 0 Å². The molecule has 0 aliphatic rings. The minimum atomic E-state index is -1.12. The van der Waals surface area contributed by atoms with E-state index in [4.69, 9.17) is 15.6 Å². The highest BCUT2D eigenvalue weighted by Crippen LogP contribution is 2.23. The number of methoxy groups -OCH3 is 1. The summed E-state index contributed by atoms with van der Waals surface area (Å²) in [5, 5.41) is 8.62. The molecule has 0 heterocycles. The number of nitrogens with two attached hydrogens (primary N) is 1. The molecule has 0 saturated heterocycles. The number of ether oxygens (including phenoxy) is 1. The second kappa shape index (κ2) is 4.75. The van der Waals surface area contributed by atoms with E-state index in [1.54, 1.807) is 6.07 Å². The van der Waals surface area contributed by atoms with E-state index in [0.717, 1.165) is 0 Å². The van der Waals surface area contributed by atoms with Crippen molar-refractivity contribution in [2.24, 2.45) is 5.73 Å². The molecule has 3 N–H and O–H groups in total. The quantitative estimate of drug-likeness (QED) is 0.775. The van der Waals surface area contributed by atoms with Crippen molar-refractivity contribution >= 4 is 5.97 Å². The Morgan fingerprint density at radius 2 is 2.33 bits per heavy atom. The number of carboxylic acid groups (broad SMARTS) is 1. The molecule has 0 radical (unpaired) electrons. The van der Waals surface area contributed by atoms with Crippen LogP contribution in [-0.4, -0.2) is 24.2 Å². The molecule has 0 aliphatic heterocycles. The van der Waals surface area contributed by atoms with Crippen molar-refractivity contribution in [1.29, 1.82) is 0 Å². The van der Waals surface area contributed by atoms with E-state index in [0.29, 0.717) is 5.56 Å². The monoisotopic (exact) mass is 213 g/mol. The molecule has 0 fully saturated rings. The van der Waals surface area contributed by atoms with E-state index >= 15 is 0 Å². The fourth-order valence-corrected chi connectivity index (χ4v) is 1.27. The van der Waals surface area contributed by atoms with E-state index in [1.165, 1.54) is 19.2 Å². The lowest BCUT2D eigenvalue weighted by molar-refractivity contribution is -0.138. The number of hydrogen-bond acceptors (Lipinski definition) is 3. The highest BCUT2D eigenvalue weighted by atomic mass is 19.1. The summed E-state index contributed by atoms with van der Waals surface area (Å²) in [6, 6.07) is 3.27. The average Bonchev–Trinajstić information content (AvgIpc) is 2.18. The van der Waals surface area contributed by atoms with Gasteiger partial charge in [0.1, 0.15) is 6.04 Å². The maximum atomic E-state index is 13.2. The molecule has 0 aliphatic carbocycles. The first-order valence-electron chi connectivity index (χ1n) is 4.36. The van der Waals surface area contributed by atoms with E-state index < -0.39 is 17.8 Å². The van der Waals surface area contributed by atoms with E-state index in [9.17, 15) is 9.18 Å². The summed E-state index contributed by atoms with van der Waals surface area (Å²) in [6.45, 7) is 0. The van der Waals surface area contributed by atoms with Gasteiger partial charge >= 0.3 is 5.97 Å². The van der Waals surface area contributed by atoms with Gasteiger partial charge in [-0.3, -0.25) is 4.79 Å². The van der Waals surface area contributed by atoms with Gasteiger partial charge in [0.15, 0.2) is 11.6 Å². The molecule has 1 atom stereocenters. The standard InChI is InChI=1S/C10H12FNO3/c1-15-9-6(3-2-4-7(9)11)5-8(12)10(13)14/h2-4,8H,5,12H2,1H3,(H,13,14)/t8-/m0/s1. The number of aliphatic carboxylic acids is 1. The van der Waals surface area contributed by atoms with Crippen LogP contribution in [0.15, 0.2) is 18.2 Å². The fraction of sp³-hybridized carbons (Fsp3) is 0.300. The molecule has 0 spiro atoms. The lowest BCUT2D eigenvalue weighted by Crippen LogP contribution is -2.32. The van der Waals surface area contributed by atoms with Crippen LogP contribution >= 0.6 is 0 Å². The van der Waals surface area contributed by atoms with Crippen LogP contribution in [0.5, 0.6) is 5.75 Å². The summed E-state index contributed by atoms with van der Waals surface area (Å²) in [4.78, 5) is 10.5. The van der Waals surface area contributed by atoms with Crippen molar-refractivity contribution in [3.8, 4) is 5.75 Å². The molecular formula is C10H12FNO3. The van der Waals surface area contributed by atoms with Gasteiger partial charge < -0.3 is 15.6 Å². The third kappa shape index (κ3) is 2.66. The number of para-hydroxylation sites is 1. The van der Waals surface area contributed by atoms with Crippen molar-refractivity contribution in [1.82, 2.24) is 0 Å². The second-order valence-corrected chi connectivity index (χ2v) is 3.08. The third-order valence-corrected chi connectivity index (χ3v) is 2.01. The highest BCUT2D eigenvalue weighted by Gasteiger charge is 2.16. The van der Waals surface area contributed by atoms with Gasteiger partial charge in [-0.15, -0.1) is 0 Å². The Morgan fingerprint density at radius 1 is 1.67 bits per heavy atom. The van der Waals surface area contributed by atoms with Crippen molar-refractivity contribution in [3.05, 3.63) is 29.6 Å². The maximum Gasteiger partial charge on any atom is 0.320 e. The number of halogens is 1. The van der Waals surface area contributed by atoms with Gasteiger partial charge in [0, 0.05) is 6.42 Å². The number of benzene rings is 1. The molecule has 0 saturated carbocycles. The summed E-state index contributed by atoms with van der Waals surface area (Å²) < 4.78 is 18.0. The Labute approximate surface area is 86.5 Å². The fourth-order valence-electron chi connectivity index (χ4n) is 1.27. The second-order valence-electron chi connectivity index (χ2n) is 3.08. The highest BCUT2D eigenvalue weighted by molar-refractivity contribution is 5.73. The van der Waals surface area contributed by atoms with Gasteiger partial charge in [0.05, 0.1) is 7.11 Å². The molecule has 0 aromatic heterocycles. The Kier molecular flexibility index (Phi) is 3.62. The number of hydrogen-bond donors (Lipinski definition) is 2. The summed E-state index contributed by atoms with van der Waals surface area (Å²) in [6.07, 6.45) is 0.0380. The van der Waals surface area contributed by atoms with Crippen molar-refractivity contribution in [2.75, 3.05) is 7.11 Å². The van der Waals surface area contributed by atoms with E-state index in [-0.39, 0.29) is 12.2 Å². The zero-order chi connectivity index (χ0) is 11.4. The smallest absolute Gasteiger partial charge is 0.320 e. The maximum absolute atomic E-state index is 13.2. The van der Waals surface area contributed by atoms with Gasteiger partial charge in [-0.05, 0) is 11.6 Å². The average molecular weight is 213 g/mol. The summed E-state index contributed by atoms with van der Waals surface area (Å²) in [7, 11) is 1.33. The first kappa shape index (κ1) is 11.5. The van der Waals surface area contributed by atoms with Crippen LogP contribution in [-0.2, 0) is 11.2 Å². The molecule has 0 amide bonds. The van der Waals surface area contributed by atoms with Crippen molar-refractivity contribution < 1.29 is 19.0 Å². The van der Waals surface area contributed by atoms with E-state index in [1.807, 2.05) is 0 Å². The first-order chi connectivity index (χ1) is 7.06. The first-order valence-corrected chi connectivity index (χ1v) is 4.36. The van der Waals surface area contributed by atoms with Crippen LogP contribution in [0.4, 0.5) is 4.39 Å². The Hall–Kier alpha value is -1.62. The molecule has 1 aromatic carbocycles. The topological polar surface area (TPSA) is 72.5 Å². The van der Waals surface area contributed by atoms with Crippen molar-refractivity contribution in [3.63, 3.8) is 0 Å². The Bertz CT molecular complexity index is 368. The normalized spacial score (nSPS) is 12.2. The molecule has 4 nitrogen and oxygen atoms in total. The molecular weight excluding hydrogens is 201 g/mol. The minimum Gasteiger partial charge on any atom is -0.493 e. The summed E-state index contributed by atoms with van der Waals surface area (Å²) in [5.41, 5.74) is 5.80. The molecule has 1 aromatic rings. The number of carboxylic acids is 1. The molecule has 5 heteroatoms. The Balaban J connectivity index is 2.94. The zero-order valence-electron chi connectivity index (χ0n) is 8.24. The van der Waals surface area contributed by atoms with Gasteiger partial charge in [0.2, 0.25) is 0 Å². The van der Waals surface area contributed by atoms with E-state index in [2.05, 4.69) is 0 Å². The Morgan fingerprint density at radius 3 is 2.87 bits per heavy atom. The predicted molar refractivity (Wildman–Crippen MR) is 52.3 cm³/mol. The summed E-state index contributed by atoms with van der Waals surface area (Å²) >= 11 is 0. The minimum absolute atomic E-state index is 0.0380. The molecule has 0 unspecified atom stereocenters. The van der Waals surface area contributed by atoms with Gasteiger partial charge in [-0.2, -0.15) is 0 Å².